The normalized spacial score (nSPS) is 14.1. The van der Waals surface area contributed by atoms with Gasteiger partial charge in [0.25, 0.3) is 0 Å². The topological polar surface area (TPSA) is 71.1 Å². The van der Waals surface area contributed by atoms with Gasteiger partial charge in [-0.1, -0.05) is 0 Å². The van der Waals surface area contributed by atoms with Crippen molar-refractivity contribution < 1.29 is 8.42 Å². The summed E-state index contributed by atoms with van der Waals surface area (Å²) < 4.78 is 27.1. The second-order valence-electron chi connectivity index (χ2n) is 4.67. The Morgan fingerprint density at radius 2 is 2.30 bits per heavy atom. The summed E-state index contributed by atoms with van der Waals surface area (Å²) >= 11 is 1.50. The Hall–Kier alpha value is -1.44. The molecule has 1 aliphatic rings. The maximum atomic E-state index is 12.3. The lowest BCUT2D eigenvalue weighted by molar-refractivity contribution is 0.581. The molecule has 2 N–H and O–H groups in total. The molecule has 7 heteroatoms. The smallest absolute Gasteiger partial charge is 0.240 e. The van der Waals surface area contributed by atoms with E-state index in [2.05, 4.69) is 15.0 Å². The maximum Gasteiger partial charge on any atom is 0.240 e. The Morgan fingerprint density at radius 1 is 1.45 bits per heavy atom. The second-order valence-corrected chi connectivity index (χ2v) is 7.75. The average Bonchev–Trinajstić information content (AvgIpc) is 3.04. The Kier molecular flexibility index (Phi) is 3.49. The molecule has 0 fully saturated rings. The van der Waals surface area contributed by atoms with Gasteiger partial charge in [-0.3, -0.25) is 0 Å². The third-order valence-corrected chi connectivity index (χ3v) is 5.51. The first-order chi connectivity index (χ1) is 9.54. The molecule has 0 radical (unpaired) electrons. The van der Waals surface area contributed by atoms with Crippen LogP contribution in [0.1, 0.15) is 15.4 Å². The van der Waals surface area contributed by atoms with Gasteiger partial charge in [-0.15, -0.1) is 11.3 Å². The van der Waals surface area contributed by atoms with Gasteiger partial charge in [-0.2, -0.15) is 0 Å². The zero-order valence-corrected chi connectivity index (χ0v) is 12.6. The minimum atomic E-state index is -3.47. The van der Waals surface area contributed by atoms with Crippen molar-refractivity contribution in [2.24, 2.45) is 0 Å². The summed E-state index contributed by atoms with van der Waals surface area (Å²) in [6.45, 7) is 3.05. The first kappa shape index (κ1) is 13.5. The molecule has 5 nitrogen and oxygen atoms in total. The number of nitrogens with zero attached hydrogens (tertiary/aromatic N) is 1. The molecule has 0 spiro atoms. The van der Waals surface area contributed by atoms with Crippen LogP contribution >= 0.6 is 11.3 Å². The number of fused-ring (bicyclic) bond motifs is 1. The summed E-state index contributed by atoms with van der Waals surface area (Å²) in [6, 6.07) is 5.21. The van der Waals surface area contributed by atoms with E-state index in [9.17, 15) is 8.42 Å². The van der Waals surface area contributed by atoms with Crippen LogP contribution < -0.4 is 10.0 Å². The largest absolute Gasteiger partial charge is 0.384 e. The summed E-state index contributed by atoms with van der Waals surface area (Å²) in [5.74, 6) is 0. The van der Waals surface area contributed by atoms with Crippen molar-refractivity contribution in [2.75, 3.05) is 11.9 Å². The highest BCUT2D eigenvalue weighted by molar-refractivity contribution is 7.89. The molecular formula is C13H15N3O2S2. The Morgan fingerprint density at radius 3 is 3.05 bits per heavy atom. The van der Waals surface area contributed by atoms with Gasteiger partial charge < -0.3 is 5.32 Å². The average molecular weight is 309 g/mol. The van der Waals surface area contributed by atoms with Crippen molar-refractivity contribution >= 4 is 27.0 Å². The van der Waals surface area contributed by atoms with Gasteiger partial charge in [-0.25, -0.2) is 18.1 Å². The quantitative estimate of drug-likeness (QED) is 0.905. The summed E-state index contributed by atoms with van der Waals surface area (Å²) in [7, 11) is -3.47. The van der Waals surface area contributed by atoms with Crippen LogP contribution in [0.2, 0.25) is 0 Å². The van der Waals surface area contributed by atoms with E-state index in [1.165, 1.54) is 11.3 Å². The molecule has 3 rings (SSSR count). The van der Waals surface area contributed by atoms with Crippen molar-refractivity contribution in [3.05, 3.63) is 39.8 Å². The number of aromatic nitrogens is 1. The highest BCUT2D eigenvalue weighted by Crippen LogP contribution is 2.25. The van der Waals surface area contributed by atoms with Crippen LogP contribution in [0, 0.1) is 6.92 Å². The number of nitrogens with one attached hydrogen (secondary N) is 2. The van der Waals surface area contributed by atoms with Crippen molar-refractivity contribution in [3.63, 3.8) is 0 Å². The summed E-state index contributed by atoms with van der Waals surface area (Å²) in [5.41, 5.74) is 2.09. The summed E-state index contributed by atoms with van der Waals surface area (Å²) in [6.07, 6.45) is 2.57. The lowest BCUT2D eigenvalue weighted by Crippen LogP contribution is -2.22. The molecule has 0 saturated carbocycles. The number of hydrogen-bond acceptors (Lipinski definition) is 5. The fourth-order valence-corrected chi connectivity index (χ4v) is 4.07. The molecule has 20 heavy (non-hydrogen) atoms. The molecule has 1 aromatic carbocycles. The molecule has 106 valence electrons. The summed E-state index contributed by atoms with van der Waals surface area (Å²) in [5, 5.41) is 4.15. The third-order valence-electron chi connectivity index (χ3n) is 3.20. The van der Waals surface area contributed by atoms with Gasteiger partial charge in [0, 0.05) is 29.9 Å². The number of thiazole rings is 1. The molecular weight excluding hydrogens is 294 g/mol. The predicted octanol–water partition coefficient (Wildman–Crippen LogP) is 1.90. The third kappa shape index (κ3) is 2.70. The van der Waals surface area contributed by atoms with Crippen molar-refractivity contribution in [3.8, 4) is 0 Å². The van der Waals surface area contributed by atoms with Crippen LogP contribution in [0.4, 0.5) is 5.69 Å². The molecule has 0 atom stereocenters. The second kappa shape index (κ2) is 5.16. The van der Waals surface area contributed by atoms with E-state index < -0.39 is 10.0 Å². The molecule has 0 aliphatic carbocycles. The first-order valence-corrected chi connectivity index (χ1v) is 8.62. The molecule has 2 aromatic rings. The van der Waals surface area contributed by atoms with Crippen LogP contribution in [-0.2, 0) is 23.0 Å². The van der Waals surface area contributed by atoms with Gasteiger partial charge in [0.05, 0.1) is 9.90 Å². The van der Waals surface area contributed by atoms with Crippen molar-refractivity contribution in [2.45, 2.75) is 24.8 Å². The van der Waals surface area contributed by atoms with Gasteiger partial charge in [0.1, 0.15) is 0 Å². The monoisotopic (exact) mass is 309 g/mol. The van der Waals surface area contributed by atoms with E-state index in [0.29, 0.717) is 4.90 Å². The zero-order chi connectivity index (χ0) is 14.2. The van der Waals surface area contributed by atoms with Crippen LogP contribution in [0.15, 0.2) is 29.3 Å². The highest BCUT2D eigenvalue weighted by atomic mass is 32.2. The number of rotatable bonds is 4. The molecule has 2 heterocycles. The minimum absolute atomic E-state index is 0.281. The molecule has 1 aliphatic heterocycles. The molecule has 0 unspecified atom stereocenters. The number of hydrogen-bond donors (Lipinski definition) is 2. The van der Waals surface area contributed by atoms with E-state index >= 15 is 0 Å². The van der Waals surface area contributed by atoms with Gasteiger partial charge in [0.15, 0.2) is 0 Å². The SMILES string of the molecule is Cc1ncc(CNS(=O)(=O)c2ccc3c(c2)CCN3)s1. The molecule has 0 bridgehead atoms. The number of benzene rings is 1. The Labute approximate surface area is 122 Å². The number of anilines is 1. The maximum absolute atomic E-state index is 12.3. The lowest BCUT2D eigenvalue weighted by atomic mass is 10.2. The van der Waals surface area contributed by atoms with E-state index in [0.717, 1.165) is 34.1 Å². The highest BCUT2D eigenvalue weighted by Gasteiger charge is 2.18. The Balaban J connectivity index is 1.78. The number of sulfonamides is 1. The van der Waals surface area contributed by atoms with E-state index in [1.54, 1.807) is 18.3 Å². The molecule has 0 saturated heterocycles. The lowest BCUT2D eigenvalue weighted by Gasteiger charge is -2.07. The van der Waals surface area contributed by atoms with E-state index in [-0.39, 0.29) is 6.54 Å². The van der Waals surface area contributed by atoms with Gasteiger partial charge in [-0.05, 0) is 37.1 Å². The Bertz CT molecular complexity index is 738. The van der Waals surface area contributed by atoms with Crippen LogP contribution in [0.3, 0.4) is 0 Å². The fourth-order valence-electron chi connectivity index (χ4n) is 2.18. The minimum Gasteiger partial charge on any atom is -0.384 e. The predicted molar refractivity (Wildman–Crippen MR) is 79.5 cm³/mol. The van der Waals surface area contributed by atoms with Gasteiger partial charge in [0.2, 0.25) is 10.0 Å². The molecule has 0 amide bonds. The van der Waals surface area contributed by atoms with Crippen LogP contribution in [-0.4, -0.2) is 19.9 Å². The number of aryl methyl sites for hydroxylation is 1. The fraction of sp³-hybridized carbons (Fsp3) is 0.308. The zero-order valence-electron chi connectivity index (χ0n) is 11.0. The van der Waals surface area contributed by atoms with Crippen LogP contribution in [0.25, 0.3) is 0 Å². The van der Waals surface area contributed by atoms with E-state index in [4.69, 9.17) is 0 Å². The summed E-state index contributed by atoms with van der Waals surface area (Å²) in [4.78, 5) is 5.34. The first-order valence-electron chi connectivity index (χ1n) is 6.32. The van der Waals surface area contributed by atoms with Gasteiger partial charge >= 0.3 is 0 Å². The van der Waals surface area contributed by atoms with Crippen LogP contribution in [0.5, 0.6) is 0 Å². The van der Waals surface area contributed by atoms with Crippen molar-refractivity contribution in [1.29, 1.82) is 0 Å². The van der Waals surface area contributed by atoms with E-state index in [1.807, 2.05) is 13.0 Å². The standard InChI is InChI=1S/C13H15N3O2S2/c1-9-15-7-11(19-9)8-16-20(17,18)12-2-3-13-10(6-12)4-5-14-13/h2-3,6-7,14,16H,4-5,8H2,1H3. The van der Waals surface area contributed by atoms with Crippen molar-refractivity contribution in [1.82, 2.24) is 9.71 Å². The molecule has 1 aromatic heterocycles.